The number of rotatable bonds is 6. The van der Waals surface area contributed by atoms with Crippen LogP contribution in [-0.4, -0.2) is 21.8 Å². The van der Waals surface area contributed by atoms with E-state index in [9.17, 15) is 4.79 Å². The Morgan fingerprint density at radius 2 is 1.81 bits per heavy atom. The normalized spacial score (nSPS) is 17.7. The molecule has 2 aromatic carbocycles. The number of Topliss-reactive ketones (excluding diaryl/α,β-unsaturated/α-hetero) is 1. The summed E-state index contributed by atoms with van der Waals surface area (Å²) < 4.78 is 5.88. The van der Waals surface area contributed by atoms with Gasteiger partial charge in [-0.25, -0.2) is 9.97 Å². The summed E-state index contributed by atoms with van der Waals surface area (Å²) in [4.78, 5) is 20.9. The maximum Gasteiger partial charge on any atom is 0.208 e. The molecule has 2 atom stereocenters. The average molecular weight is 427 g/mol. The number of hydrogen-bond acceptors (Lipinski definition) is 6. The minimum atomic E-state index is -0.0363. The number of hydrogen-bond donors (Lipinski definition) is 2. The Bertz CT molecular complexity index is 1130. The van der Waals surface area contributed by atoms with Crippen LogP contribution < -0.4 is 15.8 Å². The van der Waals surface area contributed by atoms with E-state index in [-0.39, 0.29) is 17.7 Å². The fourth-order valence-electron chi connectivity index (χ4n) is 4.09. The summed E-state index contributed by atoms with van der Waals surface area (Å²) in [7, 11) is 0. The van der Waals surface area contributed by atoms with Crippen LogP contribution in [0.3, 0.4) is 0 Å². The summed E-state index contributed by atoms with van der Waals surface area (Å²) in [5, 5.41) is 3.51. The zero-order valence-electron chi connectivity index (χ0n) is 18.0. The lowest BCUT2D eigenvalue weighted by atomic mass is 9.83. The molecule has 1 aromatic heterocycles. The minimum absolute atomic E-state index is 0.0235. The standard InChI is InChI=1S/C26H26N4O2/c1-2-7-23(31)19-8-6-9-20(16-19)30-26-24(25(27)28-17-29-26)18-12-14-22(15-13-18)32-21-10-4-3-5-11-21/h3-5,10-15,17,19-20H,6,8-9,16H2,1H3,(H3,27,28,29,30)/t19-,20-/m0/s1. The van der Waals surface area contributed by atoms with Crippen molar-refractivity contribution in [1.29, 1.82) is 0 Å². The summed E-state index contributed by atoms with van der Waals surface area (Å²) in [6, 6.07) is 17.5. The number of nitrogens with zero attached hydrogens (tertiary/aromatic N) is 2. The van der Waals surface area contributed by atoms with Crippen molar-refractivity contribution in [1.82, 2.24) is 9.97 Å². The molecular formula is C26H26N4O2. The van der Waals surface area contributed by atoms with E-state index in [4.69, 9.17) is 10.5 Å². The minimum Gasteiger partial charge on any atom is -0.457 e. The maximum absolute atomic E-state index is 12.2. The van der Waals surface area contributed by atoms with Crippen molar-refractivity contribution in [3.63, 3.8) is 0 Å². The molecule has 0 radical (unpaired) electrons. The van der Waals surface area contributed by atoms with Gasteiger partial charge in [-0.1, -0.05) is 42.7 Å². The molecule has 1 heterocycles. The number of para-hydroxylation sites is 1. The fraction of sp³-hybridized carbons (Fsp3) is 0.269. The van der Waals surface area contributed by atoms with E-state index >= 15 is 0 Å². The van der Waals surface area contributed by atoms with Gasteiger partial charge in [0.2, 0.25) is 5.78 Å². The van der Waals surface area contributed by atoms with Crippen LogP contribution in [0.2, 0.25) is 0 Å². The highest BCUT2D eigenvalue weighted by atomic mass is 16.5. The third kappa shape index (κ3) is 5.06. The Hall–Kier alpha value is -3.85. The molecule has 0 spiro atoms. The number of ketones is 1. The van der Waals surface area contributed by atoms with Gasteiger partial charge >= 0.3 is 0 Å². The van der Waals surface area contributed by atoms with Gasteiger partial charge in [-0.05, 0) is 61.9 Å². The summed E-state index contributed by atoms with van der Waals surface area (Å²) in [5.41, 5.74) is 7.89. The molecule has 1 aliphatic carbocycles. The van der Waals surface area contributed by atoms with Gasteiger partial charge in [0.25, 0.3) is 0 Å². The second-order valence-electron chi connectivity index (χ2n) is 7.87. The van der Waals surface area contributed by atoms with E-state index < -0.39 is 0 Å². The van der Waals surface area contributed by atoms with E-state index in [0.29, 0.717) is 11.6 Å². The lowest BCUT2D eigenvalue weighted by Crippen LogP contribution is -2.31. The highest BCUT2D eigenvalue weighted by Crippen LogP contribution is 2.35. The Balaban J connectivity index is 1.53. The molecule has 0 saturated heterocycles. The van der Waals surface area contributed by atoms with Gasteiger partial charge in [-0.2, -0.15) is 0 Å². The van der Waals surface area contributed by atoms with Crippen molar-refractivity contribution in [3.8, 4) is 34.5 Å². The van der Waals surface area contributed by atoms with Gasteiger partial charge in [0, 0.05) is 12.0 Å². The fourth-order valence-corrected chi connectivity index (χ4v) is 4.09. The lowest BCUT2D eigenvalue weighted by Gasteiger charge is -2.29. The van der Waals surface area contributed by atoms with Gasteiger partial charge < -0.3 is 15.8 Å². The second-order valence-corrected chi connectivity index (χ2v) is 7.87. The van der Waals surface area contributed by atoms with Gasteiger partial charge in [-0.15, -0.1) is 0 Å². The highest BCUT2D eigenvalue weighted by molar-refractivity contribution is 5.97. The molecule has 0 aliphatic heterocycles. The molecule has 0 amide bonds. The van der Waals surface area contributed by atoms with Crippen LogP contribution >= 0.6 is 0 Å². The van der Waals surface area contributed by atoms with Gasteiger partial charge in [0.1, 0.15) is 29.5 Å². The molecular weight excluding hydrogens is 400 g/mol. The van der Waals surface area contributed by atoms with Crippen LogP contribution in [0, 0.1) is 17.8 Å². The number of carbonyl (C=O) groups is 1. The average Bonchev–Trinajstić information content (AvgIpc) is 2.81. The topological polar surface area (TPSA) is 90.1 Å². The summed E-state index contributed by atoms with van der Waals surface area (Å²) in [6.45, 7) is 1.70. The van der Waals surface area contributed by atoms with Gasteiger partial charge in [0.15, 0.2) is 0 Å². The van der Waals surface area contributed by atoms with Crippen molar-refractivity contribution in [2.75, 3.05) is 11.1 Å². The highest BCUT2D eigenvalue weighted by Gasteiger charge is 2.27. The van der Waals surface area contributed by atoms with E-state index in [2.05, 4.69) is 27.1 Å². The molecule has 1 saturated carbocycles. The quantitative estimate of drug-likeness (QED) is 0.422. The van der Waals surface area contributed by atoms with E-state index in [1.54, 1.807) is 6.92 Å². The number of carbonyl (C=O) groups excluding carboxylic acids is 1. The van der Waals surface area contributed by atoms with Crippen molar-refractivity contribution in [2.45, 2.75) is 38.6 Å². The Morgan fingerprint density at radius 3 is 2.56 bits per heavy atom. The predicted octanol–water partition coefficient (Wildman–Crippen LogP) is 5.08. The van der Waals surface area contributed by atoms with Crippen LogP contribution in [0.5, 0.6) is 11.5 Å². The number of aromatic nitrogens is 2. The molecule has 1 aliphatic rings. The van der Waals surface area contributed by atoms with Crippen molar-refractivity contribution in [2.24, 2.45) is 5.92 Å². The predicted molar refractivity (Wildman–Crippen MR) is 126 cm³/mol. The van der Waals surface area contributed by atoms with Crippen LogP contribution in [0.1, 0.15) is 32.6 Å². The van der Waals surface area contributed by atoms with Crippen molar-refractivity contribution >= 4 is 17.4 Å². The zero-order valence-corrected chi connectivity index (χ0v) is 18.0. The smallest absolute Gasteiger partial charge is 0.208 e. The Labute approximate surface area is 188 Å². The first-order valence-electron chi connectivity index (χ1n) is 10.8. The van der Waals surface area contributed by atoms with Gasteiger partial charge in [-0.3, -0.25) is 4.79 Å². The number of nitrogens with one attached hydrogen (secondary N) is 1. The monoisotopic (exact) mass is 426 g/mol. The molecule has 3 N–H and O–H groups in total. The number of nitrogen functional groups attached to an aromatic ring is 1. The van der Waals surface area contributed by atoms with E-state index in [0.717, 1.165) is 48.3 Å². The van der Waals surface area contributed by atoms with E-state index in [1.807, 2.05) is 54.6 Å². The Kier molecular flexibility index (Phi) is 6.66. The molecule has 6 nitrogen and oxygen atoms in total. The SMILES string of the molecule is CC#CC(=O)[C@H]1CCC[C@H](Nc2ncnc(N)c2-c2ccc(Oc3ccccc3)cc2)C1. The molecule has 4 rings (SSSR count). The molecule has 32 heavy (non-hydrogen) atoms. The van der Waals surface area contributed by atoms with Crippen LogP contribution in [0.15, 0.2) is 60.9 Å². The first kappa shape index (κ1) is 21.4. The molecule has 6 heteroatoms. The number of nitrogens with two attached hydrogens (primary N) is 1. The lowest BCUT2D eigenvalue weighted by molar-refractivity contribution is -0.118. The zero-order chi connectivity index (χ0) is 22.3. The first-order chi connectivity index (χ1) is 15.6. The molecule has 0 bridgehead atoms. The largest absolute Gasteiger partial charge is 0.457 e. The number of ether oxygens (including phenoxy) is 1. The third-order valence-electron chi connectivity index (χ3n) is 5.63. The number of anilines is 2. The summed E-state index contributed by atoms with van der Waals surface area (Å²) >= 11 is 0. The van der Waals surface area contributed by atoms with Crippen molar-refractivity contribution < 1.29 is 9.53 Å². The van der Waals surface area contributed by atoms with Gasteiger partial charge in [0.05, 0.1) is 5.56 Å². The Morgan fingerprint density at radius 1 is 1.06 bits per heavy atom. The molecule has 1 fully saturated rings. The van der Waals surface area contributed by atoms with Crippen LogP contribution in [-0.2, 0) is 4.79 Å². The van der Waals surface area contributed by atoms with Crippen LogP contribution in [0.25, 0.3) is 11.1 Å². The number of benzene rings is 2. The maximum atomic E-state index is 12.2. The van der Waals surface area contributed by atoms with Crippen LogP contribution in [0.4, 0.5) is 11.6 Å². The van der Waals surface area contributed by atoms with E-state index in [1.165, 1.54) is 6.33 Å². The molecule has 0 unspecified atom stereocenters. The molecule has 162 valence electrons. The first-order valence-corrected chi connectivity index (χ1v) is 10.8. The summed E-state index contributed by atoms with van der Waals surface area (Å²) in [6.07, 6.45) is 5.02. The third-order valence-corrected chi connectivity index (χ3v) is 5.63. The summed E-state index contributed by atoms with van der Waals surface area (Å²) in [5.74, 6) is 7.99. The van der Waals surface area contributed by atoms with Crippen molar-refractivity contribution in [3.05, 3.63) is 60.9 Å². The second kappa shape index (κ2) is 9.97. The molecule has 3 aromatic rings.